The lowest BCUT2D eigenvalue weighted by molar-refractivity contribution is 0.697. The van der Waals surface area contributed by atoms with Crippen LogP contribution >= 0.6 is 11.8 Å². The first kappa shape index (κ1) is 15.0. The molecule has 2 aliphatic rings. The van der Waals surface area contributed by atoms with Crippen LogP contribution in [0.15, 0.2) is 29.4 Å². The van der Waals surface area contributed by atoms with Crippen LogP contribution in [0, 0.1) is 0 Å². The summed E-state index contributed by atoms with van der Waals surface area (Å²) < 4.78 is 0. The van der Waals surface area contributed by atoms with Crippen LogP contribution in [0.4, 0.5) is 5.82 Å². The molecule has 2 aliphatic heterocycles. The zero-order valence-electron chi connectivity index (χ0n) is 13.5. The van der Waals surface area contributed by atoms with Crippen LogP contribution in [-0.2, 0) is 25.8 Å². The smallest absolute Gasteiger partial charge is 0.189 e. The van der Waals surface area contributed by atoms with Gasteiger partial charge < -0.3 is 10.2 Å². The average Bonchev–Trinajstić information content (AvgIpc) is 2.85. The van der Waals surface area contributed by atoms with E-state index < -0.39 is 0 Å². The minimum atomic E-state index is 0.902. The molecule has 4 nitrogen and oxygen atoms in total. The Morgan fingerprint density at radius 1 is 1.04 bits per heavy atom. The molecule has 5 heteroatoms. The van der Waals surface area contributed by atoms with Crippen LogP contribution in [0.5, 0.6) is 0 Å². The summed E-state index contributed by atoms with van der Waals surface area (Å²) in [5, 5.41) is 4.39. The van der Waals surface area contributed by atoms with E-state index in [0.717, 1.165) is 56.4 Å². The maximum Gasteiger partial charge on any atom is 0.189 e. The van der Waals surface area contributed by atoms with Gasteiger partial charge in [0.2, 0.25) is 0 Å². The predicted molar refractivity (Wildman–Crippen MR) is 95.3 cm³/mol. The van der Waals surface area contributed by atoms with Gasteiger partial charge in [-0.15, -0.1) is 0 Å². The molecular formula is C18H22N4S. The Bertz CT molecular complexity index is 716. The number of aromatic nitrogens is 2. The number of rotatable bonds is 2. The van der Waals surface area contributed by atoms with E-state index in [9.17, 15) is 0 Å². The second-order valence-electron chi connectivity index (χ2n) is 6.15. The van der Waals surface area contributed by atoms with Gasteiger partial charge in [-0.05, 0) is 36.8 Å². The number of hydrogen-bond acceptors (Lipinski definition) is 5. The molecule has 0 unspecified atom stereocenters. The van der Waals surface area contributed by atoms with Crippen LogP contribution in [0.1, 0.15) is 22.4 Å². The third kappa shape index (κ3) is 2.95. The van der Waals surface area contributed by atoms with E-state index >= 15 is 0 Å². The molecule has 0 bridgehead atoms. The fourth-order valence-electron chi connectivity index (χ4n) is 3.53. The Labute approximate surface area is 141 Å². The number of fused-ring (bicyclic) bond motifs is 2. The molecule has 1 N–H and O–H groups in total. The van der Waals surface area contributed by atoms with Gasteiger partial charge in [0.15, 0.2) is 5.16 Å². The lowest BCUT2D eigenvalue weighted by Crippen LogP contribution is -2.32. The molecule has 2 aromatic rings. The first-order chi connectivity index (χ1) is 11.3. The SMILES string of the molecule is CSc1nc2c(c(N3CCc4ccccc4C3)n1)CCNCC2. The predicted octanol–water partition coefficient (Wildman–Crippen LogP) is 2.45. The molecule has 1 aromatic carbocycles. The minimum absolute atomic E-state index is 0.902. The van der Waals surface area contributed by atoms with Crippen molar-refractivity contribution >= 4 is 17.6 Å². The summed E-state index contributed by atoms with van der Waals surface area (Å²) in [6.07, 6.45) is 5.19. The number of nitrogens with one attached hydrogen (secondary N) is 1. The summed E-state index contributed by atoms with van der Waals surface area (Å²) in [5.74, 6) is 1.16. The summed E-state index contributed by atoms with van der Waals surface area (Å²) in [6, 6.07) is 8.78. The monoisotopic (exact) mass is 326 g/mol. The summed E-state index contributed by atoms with van der Waals surface area (Å²) >= 11 is 1.64. The van der Waals surface area contributed by atoms with Gasteiger partial charge in [0.25, 0.3) is 0 Å². The van der Waals surface area contributed by atoms with Crippen molar-refractivity contribution in [2.45, 2.75) is 31.0 Å². The standard InChI is InChI=1S/C18H22N4S/c1-23-18-20-16-7-10-19-9-6-15(16)17(21-18)22-11-8-13-4-2-3-5-14(13)12-22/h2-5,19H,6-12H2,1H3. The van der Waals surface area contributed by atoms with Gasteiger partial charge >= 0.3 is 0 Å². The van der Waals surface area contributed by atoms with Gasteiger partial charge in [-0.25, -0.2) is 9.97 Å². The van der Waals surface area contributed by atoms with Crippen molar-refractivity contribution in [2.24, 2.45) is 0 Å². The molecule has 0 amide bonds. The van der Waals surface area contributed by atoms with Gasteiger partial charge in [-0.2, -0.15) is 0 Å². The molecule has 1 aromatic heterocycles. The molecule has 0 atom stereocenters. The second kappa shape index (κ2) is 6.49. The zero-order chi connectivity index (χ0) is 15.6. The highest BCUT2D eigenvalue weighted by Crippen LogP contribution is 2.30. The zero-order valence-corrected chi connectivity index (χ0v) is 14.3. The van der Waals surface area contributed by atoms with Gasteiger partial charge in [0.05, 0.1) is 5.69 Å². The van der Waals surface area contributed by atoms with E-state index in [1.807, 2.05) is 0 Å². The molecule has 4 rings (SSSR count). The van der Waals surface area contributed by atoms with Crippen LogP contribution < -0.4 is 10.2 Å². The summed E-state index contributed by atoms with van der Waals surface area (Å²) in [5.41, 5.74) is 5.51. The molecule has 0 radical (unpaired) electrons. The summed E-state index contributed by atoms with van der Waals surface area (Å²) in [7, 11) is 0. The quantitative estimate of drug-likeness (QED) is 0.678. The average molecular weight is 326 g/mol. The van der Waals surface area contributed by atoms with E-state index in [2.05, 4.69) is 40.7 Å². The minimum Gasteiger partial charge on any atom is -0.352 e. The Morgan fingerprint density at radius 3 is 2.74 bits per heavy atom. The second-order valence-corrected chi connectivity index (χ2v) is 6.92. The van der Waals surface area contributed by atoms with Gasteiger partial charge in [0, 0.05) is 31.6 Å². The largest absolute Gasteiger partial charge is 0.352 e. The van der Waals surface area contributed by atoms with E-state index in [-0.39, 0.29) is 0 Å². The summed E-state index contributed by atoms with van der Waals surface area (Å²) in [6.45, 7) is 4.04. The highest BCUT2D eigenvalue weighted by atomic mass is 32.2. The lowest BCUT2D eigenvalue weighted by atomic mass is 9.99. The van der Waals surface area contributed by atoms with E-state index in [4.69, 9.17) is 9.97 Å². The number of thioether (sulfide) groups is 1. The molecule has 120 valence electrons. The summed E-state index contributed by atoms with van der Waals surface area (Å²) in [4.78, 5) is 12.1. The van der Waals surface area contributed by atoms with Crippen molar-refractivity contribution < 1.29 is 0 Å². The van der Waals surface area contributed by atoms with E-state index in [0.29, 0.717) is 0 Å². The fourth-order valence-corrected chi connectivity index (χ4v) is 3.91. The van der Waals surface area contributed by atoms with Crippen LogP contribution in [0.3, 0.4) is 0 Å². The topological polar surface area (TPSA) is 41.1 Å². The van der Waals surface area contributed by atoms with E-state index in [1.54, 1.807) is 11.8 Å². The maximum atomic E-state index is 4.89. The van der Waals surface area contributed by atoms with Crippen molar-refractivity contribution in [3.63, 3.8) is 0 Å². The first-order valence-corrected chi connectivity index (χ1v) is 9.54. The van der Waals surface area contributed by atoms with Crippen LogP contribution in [0.25, 0.3) is 0 Å². The number of anilines is 1. The molecule has 0 spiro atoms. The third-order valence-electron chi connectivity index (χ3n) is 4.75. The molecule has 0 fully saturated rings. The molecule has 0 saturated carbocycles. The highest BCUT2D eigenvalue weighted by Gasteiger charge is 2.23. The fraction of sp³-hybridized carbons (Fsp3) is 0.444. The highest BCUT2D eigenvalue weighted by molar-refractivity contribution is 7.98. The van der Waals surface area contributed by atoms with Crippen molar-refractivity contribution in [1.29, 1.82) is 0 Å². The number of hydrogen-bond donors (Lipinski definition) is 1. The Balaban J connectivity index is 1.74. The Morgan fingerprint density at radius 2 is 1.87 bits per heavy atom. The Hall–Kier alpha value is -1.59. The van der Waals surface area contributed by atoms with Gasteiger partial charge in [0.1, 0.15) is 5.82 Å². The van der Waals surface area contributed by atoms with Crippen LogP contribution in [-0.4, -0.2) is 35.9 Å². The van der Waals surface area contributed by atoms with Crippen molar-refractivity contribution in [2.75, 3.05) is 30.8 Å². The Kier molecular flexibility index (Phi) is 4.23. The van der Waals surface area contributed by atoms with Crippen LogP contribution in [0.2, 0.25) is 0 Å². The molecule has 0 aliphatic carbocycles. The first-order valence-electron chi connectivity index (χ1n) is 8.31. The van der Waals surface area contributed by atoms with E-state index in [1.165, 1.54) is 22.4 Å². The number of benzene rings is 1. The lowest BCUT2D eigenvalue weighted by Gasteiger charge is -2.31. The molecule has 0 saturated heterocycles. The van der Waals surface area contributed by atoms with Gasteiger partial charge in [-0.3, -0.25) is 0 Å². The number of nitrogens with zero attached hydrogens (tertiary/aromatic N) is 3. The maximum absolute atomic E-state index is 4.89. The van der Waals surface area contributed by atoms with Crippen molar-refractivity contribution in [3.8, 4) is 0 Å². The normalized spacial score (nSPS) is 17.3. The molecular weight excluding hydrogens is 304 g/mol. The third-order valence-corrected chi connectivity index (χ3v) is 5.30. The van der Waals surface area contributed by atoms with Crippen molar-refractivity contribution in [3.05, 3.63) is 46.6 Å². The molecule has 3 heterocycles. The van der Waals surface area contributed by atoms with Crippen molar-refractivity contribution in [1.82, 2.24) is 15.3 Å². The van der Waals surface area contributed by atoms with Gasteiger partial charge in [-0.1, -0.05) is 36.0 Å². The molecule has 23 heavy (non-hydrogen) atoms.